The van der Waals surface area contributed by atoms with Gasteiger partial charge in [0.15, 0.2) is 0 Å². The molecule has 20 heavy (non-hydrogen) atoms. The molecule has 2 heterocycles. The number of nitrogens with zero attached hydrogens (tertiary/aromatic N) is 1. The Balaban J connectivity index is 1.88. The fourth-order valence-electron chi connectivity index (χ4n) is 2.54. The highest BCUT2D eigenvalue weighted by Gasteiger charge is 2.52. The Morgan fingerprint density at radius 1 is 1.15 bits per heavy atom. The lowest BCUT2D eigenvalue weighted by Gasteiger charge is -2.32. The molecule has 3 rings (SSSR count). The molecule has 108 valence electrons. The average Bonchev–Trinajstić information content (AvgIpc) is 2.49. The zero-order valence-corrected chi connectivity index (χ0v) is 12.6. The summed E-state index contributed by atoms with van der Waals surface area (Å²) in [6.45, 7) is 8.01. The number of aromatic nitrogens is 1. The molecule has 0 radical (unpaired) electrons. The molecule has 0 atom stereocenters. The molecule has 0 bridgehead atoms. The van der Waals surface area contributed by atoms with Crippen molar-refractivity contribution >= 4 is 12.7 Å². The summed E-state index contributed by atoms with van der Waals surface area (Å²) in [6.07, 6.45) is 3.21. The van der Waals surface area contributed by atoms with E-state index in [0.29, 0.717) is 11.3 Å². The van der Waals surface area contributed by atoms with Crippen molar-refractivity contribution < 1.29 is 13.7 Å². The third-order valence-electron chi connectivity index (χ3n) is 4.88. The predicted molar refractivity (Wildman–Crippen MR) is 76.5 cm³/mol. The molecule has 5 heteroatoms. The molecule has 0 spiro atoms. The first kappa shape index (κ1) is 14.0. The van der Waals surface area contributed by atoms with Crippen LogP contribution in [-0.4, -0.2) is 23.3 Å². The first-order valence-corrected chi connectivity index (χ1v) is 7.32. The Labute approximate surface area is 120 Å². The molecule has 0 aromatic carbocycles. The average molecular weight is 277 g/mol. The molecular formula is C15H21BFNO2. The van der Waals surface area contributed by atoms with Gasteiger partial charge in [0.05, 0.1) is 22.5 Å². The number of hydrogen-bond donors (Lipinski definition) is 0. The maximum Gasteiger partial charge on any atom is 0.514 e. The van der Waals surface area contributed by atoms with Crippen molar-refractivity contribution in [3.8, 4) is 0 Å². The normalized spacial score (nSPS) is 24.8. The summed E-state index contributed by atoms with van der Waals surface area (Å²) in [7, 11) is -0.514. The maximum absolute atomic E-state index is 13.9. The molecule has 0 amide bonds. The van der Waals surface area contributed by atoms with Gasteiger partial charge < -0.3 is 9.31 Å². The Hall–Kier alpha value is -0.935. The van der Waals surface area contributed by atoms with Crippen LogP contribution in [0, 0.1) is 5.82 Å². The zero-order valence-electron chi connectivity index (χ0n) is 12.6. The standard InChI is InChI=1S/C15H21BFNO2/c1-14(2)15(3,4)20-16(19-14)12-9-8-11(17)13(18-12)10-6-5-7-10/h8-10H,5-7H2,1-4H3. The topological polar surface area (TPSA) is 31.4 Å². The first-order valence-electron chi connectivity index (χ1n) is 7.32. The van der Waals surface area contributed by atoms with Gasteiger partial charge in [-0.25, -0.2) is 4.39 Å². The van der Waals surface area contributed by atoms with Crippen molar-refractivity contribution in [1.82, 2.24) is 4.98 Å². The molecule has 2 fully saturated rings. The van der Waals surface area contributed by atoms with E-state index in [1.165, 1.54) is 6.07 Å². The van der Waals surface area contributed by atoms with Crippen LogP contribution in [0.25, 0.3) is 0 Å². The summed E-state index contributed by atoms with van der Waals surface area (Å²) in [4.78, 5) is 4.48. The second-order valence-electron chi connectivity index (χ2n) is 6.82. The molecule has 1 aliphatic carbocycles. The summed E-state index contributed by atoms with van der Waals surface area (Å²) in [5.74, 6) is 0.0485. The zero-order chi connectivity index (χ0) is 14.5. The highest BCUT2D eigenvalue weighted by atomic mass is 19.1. The van der Waals surface area contributed by atoms with E-state index < -0.39 is 18.3 Å². The van der Waals surface area contributed by atoms with E-state index in [9.17, 15) is 4.39 Å². The quantitative estimate of drug-likeness (QED) is 0.779. The Kier molecular flexibility index (Phi) is 3.18. The van der Waals surface area contributed by atoms with E-state index in [1.807, 2.05) is 27.7 Å². The number of rotatable bonds is 2. The molecule has 2 aliphatic rings. The van der Waals surface area contributed by atoms with Gasteiger partial charge in [0, 0.05) is 5.92 Å². The molecule has 0 N–H and O–H groups in total. The Morgan fingerprint density at radius 3 is 2.25 bits per heavy atom. The van der Waals surface area contributed by atoms with E-state index in [1.54, 1.807) is 6.07 Å². The van der Waals surface area contributed by atoms with Crippen LogP contribution >= 0.6 is 0 Å². The van der Waals surface area contributed by atoms with E-state index in [-0.39, 0.29) is 11.7 Å². The molecule has 0 unspecified atom stereocenters. The minimum Gasteiger partial charge on any atom is -0.398 e. The Bertz CT molecular complexity index is 513. The van der Waals surface area contributed by atoms with Crippen LogP contribution in [0.3, 0.4) is 0 Å². The van der Waals surface area contributed by atoms with Crippen LogP contribution < -0.4 is 5.59 Å². The third-order valence-corrected chi connectivity index (χ3v) is 4.88. The fraction of sp³-hybridized carbons (Fsp3) is 0.667. The number of hydrogen-bond acceptors (Lipinski definition) is 3. The summed E-state index contributed by atoms with van der Waals surface area (Å²) < 4.78 is 25.8. The minimum atomic E-state index is -0.514. The van der Waals surface area contributed by atoms with Crippen LogP contribution in [0.1, 0.15) is 58.6 Å². The highest BCUT2D eigenvalue weighted by Crippen LogP contribution is 2.38. The maximum atomic E-state index is 13.9. The van der Waals surface area contributed by atoms with Crippen molar-refractivity contribution in [3.63, 3.8) is 0 Å². The summed E-state index contributed by atoms with van der Waals surface area (Å²) in [5, 5.41) is 0. The molecule has 1 saturated heterocycles. The minimum absolute atomic E-state index is 0.213. The first-order chi connectivity index (χ1) is 9.30. The lowest BCUT2D eigenvalue weighted by molar-refractivity contribution is 0.00578. The van der Waals surface area contributed by atoms with E-state index >= 15 is 0 Å². The lowest BCUT2D eigenvalue weighted by atomic mass is 9.80. The highest BCUT2D eigenvalue weighted by molar-refractivity contribution is 6.61. The van der Waals surface area contributed by atoms with Gasteiger partial charge in [0.1, 0.15) is 5.82 Å². The van der Waals surface area contributed by atoms with Gasteiger partial charge in [-0.3, -0.25) is 4.98 Å². The van der Waals surface area contributed by atoms with Crippen LogP contribution in [0.5, 0.6) is 0 Å². The smallest absolute Gasteiger partial charge is 0.398 e. The summed E-state index contributed by atoms with van der Waals surface area (Å²) in [5.41, 5.74) is 0.449. The van der Waals surface area contributed by atoms with Crippen molar-refractivity contribution in [2.45, 2.75) is 64.1 Å². The second kappa shape index (κ2) is 4.53. The van der Waals surface area contributed by atoms with Crippen molar-refractivity contribution in [2.75, 3.05) is 0 Å². The van der Waals surface area contributed by atoms with Crippen LogP contribution in [-0.2, 0) is 9.31 Å². The van der Waals surface area contributed by atoms with Gasteiger partial charge in [-0.15, -0.1) is 0 Å². The van der Waals surface area contributed by atoms with E-state index in [4.69, 9.17) is 9.31 Å². The van der Waals surface area contributed by atoms with Crippen molar-refractivity contribution in [1.29, 1.82) is 0 Å². The molecule has 1 aliphatic heterocycles. The summed E-state index contributed by atoms with van der Waals surface area (Å²) in [6, 6.07) is 3.15. The number of pyridine rings is 1. The second-order valence-corrected chi connectivity index (χ2v) is 6.82. The molecule has 1 aromatic rings. The van der Waals surface area contributed by atoms with Crippen molar-refractivity contribution in [2.24, 2.45) is 0 Å². The number of halogens is 1. The van der Waals surface area contributed by atoms with Gasteiger partial charge in [0.25, 0.3) is 0 Å². The van der Waals surface area contributed by atoms with Crippen LogP contribution in [0.2, 0.25) is 0 Å². The fourth-order valence-corrected chi connectivity index (χ4v) is 2.54. The van der Waals surface area contributed by atoms with Crippen LogP contribution in [0.15, 0.2) is 12.1 Å². The van der Waals surface area contributed by atoms with Crippen LogP contribution in [0.4, 0.5) is 4.39 Å². The third kappa shape index (κ3) is 2.17. The van der Waals surface area contributed by atoms with E-state index in [0.717, 1.165) is 19.3 Å². The monoisotopic (exact) mass is 277 g/mol. The largest absolute Gasteiger partial charge is 0.514 e. The Morgan fingerprint density at radius 2 is 1.75 bits per heavy atom. The lowest BCUT2D eigenvalue weighted by Crippen LogP contribution is -2.41. The molecular weight excluding hydrogens is 256 g/mol. The summed E-state index contributed by atoms with van der Waals surface area (Å²) >= 11 is 0. The van der Waals surface area contributed by atoms with Crippen molar-refractivity contribution in [3.05, 3.63) is 23.6 Å². The predicted octanol–water partition coefficient (Wildman–Crippen LogP) is 2.79. The SMILES string of the molecule is CC1(C)OB(c2ccc(F)c(C3CCC3)n2)OC1(C)C. The molecule has 1 aromatic heterocycles. The van der Waals surface area contributed by atoms with Gasteiger partial charge in [-0.2, -0.15) is 0 Å². The van der Waals surface area contributed by atoms with Gasteiger partial charge in [0.2, 0.25) is 0 Å². The van der Waals surface area contributed by atoms with Gasteiger partial charge in [-0.1, -0.05) is 6.42 Å². The molecule has 1 saturated carbocycles. The molecule has 3 nitrogen and oxygen atoms in total. The van der Waals surface area contributed by atoms with Gasteiger partial charge in [-0.05, 0) is 52.7 Å². The van der Waals surface area contributed by atoms with Gasteiger partial charge >= 0.3 is 7.12 Å². The van der Waals surface area contributed by atoms with E-state index in [2.05, 4.69) is 4.98 Å².